The van der Waals surface area contributed by atoms with E-state index in [9.17, 15) is 9.90 Å². The van der Waals surface area contributed by atoms with Gasteiger partial charge in [0.1, 0.15) is 17.4 Å². The molecule has 2 heterocycles. The van der Waals surface area contributed by atoms with Crippen molar-refractivity contribution in [3.63, 3.8) is 0 Å². The molecule has 17 heavy (non-hydrogen) atoms. The Bertz CT molecular complexity index is 405. The fourth-order valence-corrected chi connectivity index (χ4v) is 2.96. The van der Waals surface area contributed by atoms with Gasteiger partial charge in [-0.3, -0.25) is 14.5 Å². The number of aliphatic hydroxyl groups is 1. The molecule has 0 aromatic heterocycles. The molecule has 2 aliphatic rings. The number of hydrogen-bond acceptors (Lipinski definition) is 3. The van der Waals surface area contributed by atoms with Gasteiger partial charge in [-0.15, -0.1) is 0 Å². The molecule has 2 rings (SSSR count). The molecule has 2 fully saturated rings. The van der Waals surface area contributed by atoms with Crippen molar-refractivity contribution in [3.05, 3.63) is 11.4 Å². The van der Waals surface area contributed by atoms with E-state index >= 15 is 0 Å². The zero-order valence-electron chi connectivity index (χ0n) is 10.6. The Morgan fingerprint density at radius 2 is 2.18 bits per heavy atom. The maximum atomic E-state index is 12.3. The molecule has 0 aromatic carbocycles. The van der Waals surface area contributed by atoms with Crippen LogP contribution < -0.4 is 0 Å². The molecule has 5 heteroatoms. The normalized spacial score (nSPS) is 35.9. The van der Waals surface area contributed by atoms with Gasteiger partial charge in [-0.05, 0) is 34.1 Å². The fourth-order valence-electron chi connectivity index (χ4n) is 2.96. The Morgan fingerprint density at radius 1 is 1.59 bits per heavy atom. The Hall–Kier alpha value is -1.12. The average Bonchev–Trinajstić information content (AvgIpc) is 2.14. The van der Waals surface area contributed by atoms with Gasteiger partial charge in [0.05, 0.1) is 6.61 Å². The number of ether oxygens (including phenoxy) is 1. The molecule has 2 saturated heterocycles. The number of amides is 1. The van der Waals surface area contributed by atoms with Crippen LogP contribution in [0, 0.1) is 6.57 Å². The van der Waals surface area contributed by atoms with Crippen molar-refractivity contribution in [2.24, 2.45) is 0 Å². The first-order valence-electron chi connectivity index (χ1n) is 5.77. The summed E-state index contributed by atoms with van der Waals surface area (Å²) < 4.78 is 5.54. The molecule has 0 saturated carbocycles. The molecular formula is C12H18N2O3. The molecule has 0 aliphatic carbocycles. The standard InChI is InChI=1S/C12H18N2O3/c1-10(2,16)12(13-5)8-6-7-17-11(3,4)14(8)9(12)15/h8,16H,6-7H2,1-4H3. The minimum Gasteiger partial charge on any atom is -0.381 e. The van der Waals surface area contributed by atoms with Gasteiger partial charge in [-0.25, -0.2) is 6.57 Å². The second-order valence-electron chi connectivity index (χ2n) is 5.71. The van der Waals surface area contributed by atoms with Gasteiger partial charge in [0.25, 0.3) is 0 Å². The summed E-state index contributed by atoms with van der Waals surface area (Å²) in [7, 11) is 0. The van der Waals surface area contributed by atoms with Gasteiger partial charge >= 0.3 is 11.4 Å². The lowest BCUT2D eigenvalue weighted by Crippen LogP contribution is -2.84. The molecule has 2 atom stereocenters. The molecule has 1 amide bonds. The maximum absolute atomic E-state index is 12.3. The lowest BCUT2D eigenvalue weighted by atomic mass is 9.66. The van der Waals surface area contributed by atoms with Crippen LogP contribution in [-0.4, -0.2) is 45.4 Å². The van der Waals surface area contributed by atoms with Gasteiger partial charge in [0.2, 0.25) is 0 Å². The number of carbonyl (C=O) groups excluding carboxylic acids is 1. The quantitative estimate of drug-likeness (QED) is 0.542. The van der Waals surface area contributed by atoms with Crippen molar-refractivity contribution in [2.45, 2.75) is 57.0 Å². The number of rotatable bonds is 1. The molecular weight excluding hydrogens is 220 g/mol. The number of fused-ring (bicyclic) bond motifs is 1. The highest BCUT2D eigenvalue weighted by Crippen LogP contribution is 2.49. The third-order valence-electron chi connectivity index (χ3n) is 3.87. The number of β-lactam (4-membered cyclic amide) rings is 1. The van der Waals surface area contributed by atoms with E-state index in [1.165, 1.54) is 13.8 Å². The second-order valence-corrected chi connectivity index (χ2v) is 5.71. The molecule has 0 bridgehead atoms. The van der Waals surface area contributed by atoms with E-state index in [-0.39, 0.29) is 11.9 Å². The van der Waals surface area contributed by atoms with Crippen LogP contribution in [0.15, 0.2) is 0 Å². The fraction of sp³-hybridized carbons (Fsp3) is 0.833. The van der Waals surface area contributed by atoms with Crippen LogP contribution in [0.25, 0.3) is 4.85 Å². The first-order valence-corrected chi connectivity index (χ1v) is 5.77. The van der Waals surface area contributed by atoms with Gasteiger partial charge in [0.15, 0.2) is 0 Å². The van der Waals surface area contributed by atoms with Crippen molar-refractivity contribution in [1.82, 2.24) is 4.90 Å². The van der Waals surface area contributed by atoms with Crippen LogP contribution in [0.2, 0.25) is 0 Å². The summed E-state index contributed by atoms with van der Waals surface area (Å²) in [6.45, 7) is 14.5. The lowest BCUT2D eigenvalue weighted by molar-refractivity contribution is -0.247. The molecule has 0 aromatic rings. The third kappa shape index (κ3) is 1.28. The minimum absolute atomic E-state index is 0.253. The average molecular weight is 238 g/mol. The van der Waals surface area contributed by atoms with E-state index in [0.29, 0.717) is 13.0 Å². The van der Waals surface area contributed by atoms with Crippen LogP contribution >= 0.6 is 0 Å². The van der Waals surface area contributed by atoms with Gasteiger partial charge in [0, 0.05) is 0 Å². The molecule has 94 valence electrons. The summed E-state index contributed by atoms with van der Waals surface area (Å²) in [5, 5.41) is 10.2. The van der Waals surface area contributed by atoms with E-state index < -0.39 is 16.9 Å². The topological polar surface area (TPSA) is 54.1 Å². The Kier molecular flexibility index (Phi) is 2.33. The SMILES string of the molecule is [C-]#[N+]C1(C(C)(C)O)C(=O)N2C1CCOC2(C)C. The molecule has 2 aliphatic heterocycles. The molecule has 2 unspecified atom stereocenters. The largest absolute Gasteiger partial charge is 0.381 e. The van der Waals surface area contributed by atoms with Crippen molar-refractivity contribution in [3.8, 4) is 0 Å². The Labute approximate surface area is 101 Å². The van der Waals surface area contributed by atoms with Crippen LogP contribution in [-0.2, 0) is 9.53 Å². The van der Waals surface area contributed by atoms with Crippen molar-refractivity contribution in [1.29, 1.82) is 0 Å². The first kappa shape index (κ1) is 12.3. The lowest BCUT2D eigenvalue weighted by Gasteiger charge is -2.59. The summed E-state index contributed by atoms with van der Waals surface area (Å²) in [5.74, 6) is -0.324. The monoisotopic (exact) mass is 238 g/mol. The Balaban J connectivity index is 2.43. The zero-order chi connectivity index (χ0) is 13.1. The van der Waals surface area contributed by atoms with Crippen LogP contribution in [0.5, 0.6) is 0 Å². The predicted octanol–water partition coefficient (Wildman–Crippen LogP) is 0.783. The second kappa shape index (κ2) is 3.21. The molecule has 0 radical (unpaired) electrons. The van der Waals surface area contributed by atoms with E-state index in [1.54, 1.807) is 4.90 Å². The van der Waals surface area contributed by atoms with Crippen molar-refractivity contribution < 1.29 is 14.6 Å². The summed E-state index contributed by atoms with van der Waals surface area (Å²) in [6.07, 6.45) is 0.599. The predicted molar refractivity (Wildman–Crippen MR) is 60.9 cm³/mol. The van der Waals surface area contributed by atoms with E-state index in [4.69, 9.17) is 11.3 Å². The third-order valence-corrected chi connectivity index (χ3v) is 3.87. The number of nitrogens with zero attached hydrogens (tertiary/aromatic N) is 2. The van der Waals surface area contributed by atoms with Crippen molar-refractivity contribution in [2.75, 3.05) is 6.61 Å². The highest BCUT2D eigenvalue weighted by molar-refractivity contribution is 5.98. The highest BCUT2D eigenvalue weighted by atomic mass is 16.5. The zero-order valence-corrected chi connectivity index (χ0v) is 10.6. The summed E-state index contributed by atoms with van der Waals surface area (Å²) >= 11 is 0. The van der Waals surface area contributed by atoms with E-state index in [0.717, 1.165) is 0 Å². The smallest absolute Gasteiger partial charge is 0.356 e. The molecule has 1 N–H and O–H groups in total. The van der Waals surface area contributed by atoms with E-state index in [2.05, 4.69) is 4.85 Å². The van der Waals surface area contributed by atoms with Crippen LogP contribution in [0.4, 0.5) is 0 Å². The number of hydrogen-bond donors (Lipinski definition) is 1. The molecule has 5 nitrogen and oxygen atoms in total. The summed E-state index contributed by atoms with van der Waals surface area (Å²) in [4.78, 5) is 17.4. The highest BCUT2D eigenvalue weighted by Gasteiger charge is 2.77. The van der Waals surface area contributed by atoms with Gasteiger partial charge in [-0.2, -0.15) is 0 Å². The Morgan fingerprint density at radius 3 is 2.65 bits per heavy atom. The summed E-state index contributed by atoms with van der Waals surface area (Å²) in [6, 6.07) is -0.253. The summed E-state index contributed by atoms with van der Waals surface area (Å²) in [5.41, 5.74) is -3.35. The molecule has 0 spiro atoms. The maximum Gasteiger partial charge on any atom is 0.356 e. The van der Waals surface area contributed by atoms with E-state index in [1.807, 2.05) is 13.8 Å². The van der Waals surface area contributed by atoms with Crippen molar-refractivity contribution >= 4 is 5.91 Å². The first-order chi connectivity index (χ1) is 7.68. The van der Waals surface area contributed by atoms with Gasteiger partial charge < -0.3 is 9.84 Å². The van der Waals surface area contributed by atoms with Crippen LogP contribution in [0.1, 0.15) is 34.1 Å². The number of carbonyl (C=O) groups is 1. The van der Waals surface area contributed by atoms with Gasteiger partial charge in [-0.1, -0.05) is 0 Å². The minimum atomic E-state index is -1.34. The van der Waals surface area contributed by atoms with Crippen LogP contribution in [0.3, 0.4) is 0 Å².